The molecule has 0 atom stereocenters. The van der Waals surface area contributed by atoms with Crippen LogP contribution in [0.25, 0.3) is 6.08 Å². The monoisotopic (exact) mass is 449 g/mol. The fourth-order valence-corrected chi connectivity index (χ4v) is 3.75. The molecule has 0 aromatic heterocycles. The summed E-state index contributed by atoms with van der Waals surface area (Å²) in [5.74, 6) is 0.524. The summed E-state index contributed by atoms with van der Waals surface area (Å²) in [6.45, 7) is 3.97. The number of methoxy groups -OCH3 is 1. The number of nitrogens with two attached hydrogens (primary N) is 1. The average molecular weight is 450 g/mol. The highest BCUT2D eigenvalue weighted by Crippen LogP contribution is 2.37. The van der Waals surface area contributed by atoms with Crippen molar-refractivity contribution < 1.29 is 22.7 Å². The first-order chi connectivity index (χ1) is 14.2. The number of hydrazone groups is 1. The van der Waals surface area contributed by atoms with Crippen LogP contribution in [0.4, 0.5) is 5.69 Å². The van der Waals surface area contributed by atoms with Gasteiger partial charge in [0, 0.05) is 0 Å². The topological polar surface area (TPSA) is 111 Å². The molecule has 3 rings (SSSR count). The Morgan fingerprint density at radius 1 is 1.23 bits per heavy atom. The zero-order valence-electron chi connectivity index (χ0n) is 16.5. The minimum Gasteiger partial charge on any atom is -0.491 e. The number of primary sulfonamides is 1. The van der Waals surface area contributed by atoms with Gasteiger partial charge in [-0.1, -0.05) is 11.6 Å². The van der Waals surface area contributed by atoms with Gasteiger partial charge in [0.15, 0.2) is 11.5 Å². The lowest BCUT2D eigenvalue weighted by Crippen LogP contribution is -2.21. The summed E-state index contributed by atoms with van der Waals surface area (Å²) >= 11 is 6.29. The SMILES string of the molecule is CCOc1cc(/C=C2\C(=O)N(c3ccc(S(N)(=O)=O)cc3)N=C2C)cc(Cl)c1OC. The molecular formula is C20H20ClN3O5S. The number of anilines is 1. The van der Waals surface area contributed by atoms with Gasteiger partial charge in [-0.25, -0.2) is 13.6 Å². The first-order valence-corrected chi connectivity index (χ1v) is 10.8. The summed E-state index contributed by atoms with van der Waals surface area (Å²) < 4.78 is 33.7. The molecule has 0 saturated heterocycles. The second kappa shape index (κ2) is 8.47. The predicted octanol–water partition coefficient (Wildman–Crippen LogP) is 3.20. The standard InChI is InChI=1S/C20H20ClN3O5S/c1-4-29-18-11-13(10-17(21)19(18)28-3)9-16-12(2)23-24(20(16)25)14-5-7-15(8-6-14)30(22,26)27/h5-11H,4H2,1-3H3,(H2,22,26,27)/b16-9-. The van der Waals surface area contributed by atoms with Gasteiger partial charge in [0.25, 0.3) is 5.91 Å². The third-order valence-electron chi connectivity index (χ3n) is 4.32. The van der Waals surface area contributed by atoms with Crippen LogP contribution in [-0.2, 0) is 14.8 Å². The number of halogens is 1. The van der Waals surface area contributed by atoms with Crippen molar-refractivity contribution >= 4 is 45.0 Å². The smallest absolute Gasteiger partial charge is 0.280 e. The van der Waals surface area contributed by atoms with Crippen molar-refractivity contribution in [3.8, 4) is 11.5 Å². The number of nitrogens with zero attached hydrogens (tertiary/aromatic N) is 2. The maximum absolute atomic E-state index is 12.9. The molecule has 2 N–H and O–H groups in total. The lowest BCUT2D eigenvalue weighted by atomic mass is 10.1. The maximum atomic E-state index is 12.9. The largest absolute Gasteiger partial charge is 0.491 e. The number of hydrogen-bond donors (Lipinski definition) is 1. The van der Waals surface area contributed by atoms with Crippen molar-refractivity contribution in [2.24, 2.45) is 10.2 Å². The highest BCUT2D eigenvalue weighted by atomic mass is 35.5. The fraction of sp³-hybridized carbons (Fsp3) is 0.200. The molecule has 0 radical (unpaired) electrons. The van der Waals surface area contributed by atoms with Crippen molar-refractivity contribution in [2.75, 3.05) is 18.7 Å². The predicted molar refractivity (Wildman–Crippen MR) is 116 cm³/mol. The molecule has 1 heterocycles. The summed E-state index contributed by atoms with van der Waals surface area (Å²) in [6.07, 6.45) is 1.66. The molecule has 8 nitrogen and oxygen atoms in total. The van der Waals surface area contributed by atoms with Gasteiger partial charge in [0.2, 0.25) is 10.0 Å². The quantitative estimate of drug-likeness (QED) is 0.680. The second-order valence-electron chi connectivity index (χ2n) is 6.37. The van der Waals surface area contributed by atoms with E-state index in [0.29, 0.717) is 45.7 Å². The third kappa shape index (κ3) is 4.33. The Balaban J connectivity index is 1.95. The van der Waals surface area contributed by atoms with Crippen LogP contribution in [0.3, 0.4) is 0 Å². The first-order valence-electron chi connectivity index (χ1n) is 8.90. The Morgan fingerprint density at radius 2 is 1.90 bits per heavy atom. The molecular weight excluding hydrogens is 430 g/mol. The molecule has 0 unspecified atom stereocenters. The summed E-state index contributed by atoms with van der Waals surface area (Å²) in [4.78, 5) is 12.9. The van der Waals surface area contributed by atoms with Crippen LogP contribution in [0.2, 0.25) is 5.02 Å². The van der Waals surface area contributed by atoms with E-state index >= 15 is 0 Å². The average Bonchev–Trinajstić information content (AvgIpc) is 2.96. The van der Waals surface area contributed by atoms with E-state index in [1.165, 1.54) is 36.4 Å². The number of amides is 1. The normalized spacial score (nSPS) is 15.5. The van der Waals surface area contributed by atoms with Crippen LogP contribution >= 0.6 is 11.6 Å². The number of benzene rings is 2. The van der Waals surface area contributed by atoms with Gasteiger partial charge in [-0.15, -0.1) is 0 Å². The highest BCUT2D eigenvalue weighted by molar-refractivity contribution is 7.89. The number of rotatable bonds is 6. The number of carbonyl (C=O) groups excluding carboxylic acids is 1. The molecule has 0 spiro atoms. The second-order valence-corrected chi connectivity index (χ2v) is 8.34. The molecule has 1 aliphatic heterocycles. The molecule has 0 aliphatic carbocycles. The number of ether oxygens (including phenoxy) is 2. The van der Waals surface area contributed by atoms with Crippen LogP contribution in [0.1, 0.15) is 19.4 Å². The molecule has 158 valence electrons. The van der Waals surface area contributed by atoms with Crippen molar-refractivity contribution in [1.29, 1.82) is 0 Å². The summed E-state index contributed by atoms with van der Waals surface area (Å²) in [5, 5.41) is 10.9. The summed E-state index contributed by atoms with van der Waals surface area (Å²) in [5.41, 5.74) is 1.93. The van der Waals surface area contributed by atoms with E-state index in [2.05, 4.69) is 5.10 Å². The van der Waals surface area contributed by atoms with E-state index < -0.39 is 10.0 Å². The van der Waals surface area contributed by atoms with Crippen molar-refractivity contribution in [2.45, 2.75) is 18.7 Å². The van der Waals surface area contributed by atoms with Gasteiger partial charge in [0.1, 0.15) is 0 Å². The maximum Gasteiger partial charge on any atom is 0.280 e. The molecule has 10 heteroatoms. The van der Waals surface area contributed by atoms with Crippen molar-refractivity contribution in [3.63, 3.8) is 0 Å². The Labute approximate surface area is 179 Å². The highest BCUT2D eigenvalue weighted by Gasteiger charge is 2.29. The van der Waals surface area contributed by atoms with Crippen LogP contribution in [0.15, 0.2) is 52.0 Å². The van der Waals surface area contributed by atoms with Crippen LogP contribution in [0.5, 0.6) is 11.5 Å². The number of hydrogen-bond acceptors (Lipinski definition) is 6. The molecule has 0 saturated carbocycles. The molecule has 0 bridgehead atoms. The zero-order chi connectivity index (χ0) is 22.1. The third-order valence-corrected chi connectivity index (χ3v) is 5.53. The molecule has 2 aromatic rings. The van der Waals surface area contributed by atoms with Gasteiger partial charge in [0.05, 0.1) is 40.6 Å². The first kappa shape index (κ1) is 21.8. The van der Waals surface area contributed by atoms with Crippen molar-refractivity contribution in [3.05, 3.63) is 52.6 Å². The Morgan fingerprint density at radius 3 is 2.47 bits per heavy atom. The minimum absolute atomic E-state index is 0.0503. The Kier molecular flexibility index (Phi) is 6.16. The summed E-state index contributed by atoms with van der Waals surface area (Å²) in [6, 6.07) is 8.97. The molecule has 2 aromatic carbocycles. The van der Waals surface area contributed by atoms with Gasteiger partial charge < -0.3 is 9.47 Å². The number of sulfonamides is 1. The van der Waals surface area contributed by atoms with E-state index in [1.807, 2.05) is 6.92 Å². The lowest BCUT2D eigenvalue weighted by molar-refractivity contribution is -0.114. The van der Waals surface area contributed by atoms with Gasteiger partial charge in [-0.2, -0.15) is 10.1 Å². The van der Waals surface area contributed by atoms with E-state index in [0.717, 1.165) is 0 Å². The van der Waals surface area contributed by atoms with E-state index in [1.54, 1.807) is 25.1 Å². The van der Waals surface area contributed by atoms with E-state index in [9.17, 15) is 13.2 Å². The van der Waals surface area contributed by atoms with Gasteiger partial charge in [-0.05, 0) is 61.9 Å². The Bertz CT molecular complexity index is 1160. The molecule has 1 amide bonds. The summed E-state index contributed by atoms with van der Waals surface area (Å²) in [7, 11) is -2.32. The van der Waals surface area contributed by atoms with Crippen LogP contribution in [-0.4, -0.2) is 33.8 Å². The zero-order valence-corrected chi connectivity index (χ0v) is 18.1. The molecule has 30 heavy (non-hydrogen) atoms. The molecule has 0 fully saturated rings. The minimum atomic E-state index is -3.82. The van der Waals surface area contributed by atoms with E-state index in [4.69, 9.17) is 26.2 Å². The van der Waals surface area contributed by atoms with Gasteiger partial charge in [-0.3, -0.25) is 4.79 Å². The van der Waals surface area contributed by atoms with Crippen molar-refractivity contribution in [1.82, 2.24) is 0 Å². The molecule has 1 aliphatic rings. The van der Waals surface area contributed by atoms with Crippen LogP contribution < -0.4 is 19.6 Å². The number of carbonyl (C=O) groups is 1. The van der Waals surface area contributed by atoms with E-state index in [-0.39, 0.29) is 10.8 Å². The fourth-order valence-electron chi connectivity index (χ4n) is 2.94. The lowest BCUT2D eigenvalue weighted by Gasteiger charge is -2.13. The van der Waals surface area contributed by atoms with Crippen LogP contribution in [0, 0.1) is 0 Å². The Hall–Kier alpha value is -2.88. The van der Waals surface area contributed by atoms with Gasteiger partial charge >= 0.3 is 0 Å².